The van der Waals surface area contributed by atoms with Gasteiger partial charge in [-0.05, 0) is 62.2 Å². The smallest absolute Gasteiger partial charge is 0.228 e. The molecule has 5 heteroatoms. The lowest BCUT2D eigenvalue weighted by Crippen LogP contribution is -2.22. The number of amides is 1. The first kappa shape index (κ1) is 18.3. The molecule has 0 aliphatic rings. The number of benzene rings is 2. The van der Waals surface area contributed by atoms with E-state index in [0.29, 0.717) is 11.4 Å². The predicted molar refractivity (Wildman–Crippen MR) is 110 cm³/mol. The van der Waals surface area contributed by atoms with Gasteiger partial charge in [0.05, 0.1) is 6.42 Å². The van der Waals surface area contributed by atoms with Gasteiger partial charge in [-0.25, -0.2) is 0 Å². The maximum atomic E-state index is 12.5. The molecule has 0 atom stereocenters. The molecule has 26 heavy (non-hydrogen) atoms. The van der Waals surface area contributed by atoms with Crippen LogP contribution in [0.2, 0.25) is 5.02 Å². The van der Waals surface area contributed by atoms with Gasteiger partial charge in [0.25, 0.3) is 0 Å². The van der Waals surface area contributed by atoms with Crippen LogP contribution in [0.4, 0.5) is 11.4 Å². The molecular formula is C21H24ClN3O. The van der Waals surface area contributed by atoms with Gasteiger partial charge in [-0.2, -0.15) is 0 Å². The average molecular weight is 370 g/mol. The van der Waals surface area contributed by atoms with Gasteiger partial charge in [0.1, 0.15) is 0 Å². The van der Waals surface area contributed by atoms with Crippen LogP contribution < -0.4 is 10.2 Å². The number of nitrogens with one attached hydrogen (secondary N) is 2. The molecule has 1 heterocycles. The van der Waals surface area contributed by atoms with Gasteiger partial charge in [-0.15, -0.1) is 0 Å². The number of halogens is 1. The highest BCUT2D eigenvalue weighted by Crippen LogP contribution is 2.25. The Balaban J connectivity index is 1.73. The van der Waals surface area contributed by atoms with Crippen LogP contribution in [0.3, 0.4) is 0 Å². The van der Waals surface area contributed by atoms with Gasteiger partial charge in [0.15, 0.2) is 0 Å². The van der Waals surface area contributed by atoms with E-state index >= 15 is 0 Å². The number of rotatable bonds is 6. The zero-order chi connectivity index (χ0) is 18.7. The van der Waals surface area contributed by atoms with Crippen LogP contribution in [0, 0.1) is 6.92 Å². The molecule has 3 aromatic rings. The fourth-order valence-electron chi connectivity index (χ4n) is 3.25. The molecule has 1 aromatic heterocycles. The first-order valence-corrected chi connectivity index (χ1v) is 9.30. The number of fused-ring (bicyclic) bond motifs is 1. The molecule has 0 unspecified atom stereocenters. The van der Waals surface area contributed by atoms with E-state index in [1.54, 1.807) is 0 Å². The highest BCUT2D eigenvalue weighted by molar-refractivity contribution is 6.31. The van der Waals surface area contributed by atoms with E-state index < -0.39 is 0 Å². The molecule has 0 aliphatic heterocycles. The Morgan fingerprint density at radius 1 is 1.15 bits per heavy atom. The molecule has 0 bridgehead atoms. The maximum absolute atomic E-state index is 12.5. The minimum atomic E-state index is -0.0282. The fraction of sp³-hybridized carbons (Fsp3) is 0.286. The molecule has 0 spiro atoms. The third-order valence-corrected chi connectivity index (χ3v) is 4.93. The molecule has 136 valence electrons. The largest absolute Gasteiger partial charge is 0.372 e. The third kappa shape index (κ3) is 3.86. The number of aromatic nitrogens is 1. The van der Waals surface area contributed by atoms with Gasteiger partial charge >= 0.3 is 0 Å². The van der Waals surface area contributed by atoms with Gasteiger partial charge in [0.2, 0.25) is 5.91 Å². The number of anilines is 2. The van der Waals surface area contributed by atoms with Crippen LogP contribution in [0.15, 0.2) is 42.6 Å². The Morgan fingerprint density at radius 2 is 1.92 bits per heavy atom. The lowest BCUT2D eigenvalue weighted by Gasteiger charge is -2.22. The lowest BCUT2D eigenvalue weighted by molar-refractivity contribution is -0.115. The summed E-state index contributed by atoms with van der Waals surface area (Å²) >= 11 is 6.01. The Kier molecular flexibility index (Phi) is 5.52. The molecule has 2 N–H and O–H groups in total. The topological polar surface area (TPSA) is 48.1 Å². The summed E-state index contributed by atoms with van der Waals surface area (Å²) in [7, 11) is 0. The van der Waals surface area contributed by atoms with Gasteiger partial charge in [-0.1, -0.05) is 17.7 Å². The maximum Gasteiger partial charge on any atom is 0.228 e. The minimum Gasteiger partial charge on any atom is -0.372 e. The molecule has 0 saturated heterocycles. The summed E-state index contributed by atoms with van der Waals surface area (Å²) in [5.74, 6) is -0.0282. The zero-order valence-corrected chi connectivity index (χ0v) is 16.2. The van der Waals surface area contributed by atoms with Crippen molar-refractivity contribution in [3.63, 3.8) is 0 Å². The Hall–Kier alpha value is -2.46. The standard InChI is InChI=1S/C21H24ClN3O/c1-4-25(5-2)17-7-9-19(14(3)10-17)24-21(26)11-15-13-23-20-12-16(22)6-8-18(15)20/h6-10,12-13,23H,4-5,11H2,1-3H3,(H,24,26). The number of carbonyl (C=O) groups excluding carboxylic acids is 1. The van der Waals surface area contributed by atoms with Crippen molar-refractivity contribution in [3.05, 3.63) is 58.7 Å². The summed E-state index contributed by atoms with van der Waals surface area (Å²) in [4.78, 5) is 18.0. The fourth-order valence-corrected chi connectivity index (χ4v) is 3.42. The van der Waals surface area contributed by atoms with Crippen LogP contribution >= 0.6 is 11.6 Å². The monoisotopic (exact) mass is 369 g/mol. The second-order valence-corrected chi connectivity index (χ2v) is 6.84. The number of hydrogen-bond acceptors (Lipinski definition) is 2. The summed E-state index contributed by atoms with van der Waals surface area (Å²) in [6.07, 6.45) is 2.19. The van der Waals surface area contributed by atoms with E-state index in [1.165, 1.54) is 5.69 Å². The second kappa shape index (κ2) is 7.83. The van der Waals surface area contributed by atoms with Gasteiger partial charge in [-0.3, -0.25) is 4.79 Å². The molecule has 3 rings (SSSR count). The molecule has 1 amide bonds. The van der Waals surface area contributed by atoms with Crippen molar-refractivity contribution in [1.29, 1.82) is 0 Å². The van der Waals surface area contributed by atoms with Crippen molar-refractivity contribution >= 4 is 39.8 Å². The summed E-state index contributed by atoms with van der Waals surface area (Å²) in [6.45, 7) is 8.24. The van der Waals surface area contributed by atoms with E-state index in [4.69, 9.17) is 11.6 Å². The molecular weight excluding hydrogens is 346 g/mol. The summed E-state index contributed by atoms with van der Waals surface area (Å²) in [5.41, 5.74) is 5.01. The van der Waals surface area contributed by atoms with Crippen LogP contribution in [0.25, 0.3) is 10.9 Å². The number of hydrogen-bond donors (Lipinski definition) is 2. The van der Waals surface area contributed by atoms with Crippen LogP contribution in [-0.4, -0.2) is 24.0 Å². The minimum absolute atomic E-state index is 0.0282. The molecule has 4 nitrogen and oxygen atoms in total. The third-order valence-electron chi connectivity index (χ3n) is 4.69. The number of aromatic amines is 1. The first-order valence-electron chi connectivity index (χ1n) is 8.92. The van der Waals surface area contributed by atoms with E-state index in [1.807, 2.05) is 37.4 Å². The number of H-pyrrole nitrogens is 1. The van der Waals surface area contributed by atoms with Gasteiger partial charge in [0, 0.05) is 46.6 Å². The molecule has 0 aliphatic carbocycles. The van der Waals surface area contributed by atoms with Crippen molar-refractivity contribution < 1.29 is 4.79 Å². The van der Waals surface area contributed by atoms with Crippen molar-refractivity contribution in [2.24, 2.45) is 0 Å². The van der Waals surface area contributed by atoms with Crippen molar-refractivity contribution in [3.8, 4) is 0 Å². The Bertz CT molecular complexity index is 928. The van der Waals surface area contributed by atoms with Gasteiger partial charge < -0.3 is 15.2 Å². The summed E-state index contributed by atoms with van der Waals surface area (Å²) in [5, 5.41) is 4.74. The highest BCUT2D eigenvalue weighted by atomic mass is 35.5. The quantitative estimate of drug-likeness (QED) is 0.630. The van der Waals surface area contributed by atoms with Crippen molar-refractivity contribution in [2.45, 2.75) is 27.2 Å². The Morgan fingerprint density at radius 3 is 2.62 bits per heavy atom. The molecule has 0 fully saturated rings. The van der Waals surface area contributed by atoms with E-state index in [2.05, 4.69) is 41.2 Å². The summed E-state index contributed by atoms with van der Waals surface area (Å²) in [6, 6.07) is 11.8. The van der Waals surface area contributed by atoms with Crippen LogP contribution in [-0.2, 0) is 11.2 Å². The lowest BCUT2D eigenvalue weighted by atomic mass is 10.1. The first-order chi connectivity index (χ1) is 12.5. The van der Waals surface area contributed by atoms with Crippen LogP contribution in [0.1, 0.15) is 25.0 Å². The average Bonchev–Trinajstić information content (AvgIpc) is 3.00. The zero-order valence-electron chi connectivity index (χ0n) is 15.4. The molecule has 2 aromatic carbocycles. The molecule has 0 radical (unpaired) electrons. The molecule has 0 saturated carbocycles. The number of aryl methyl sites for hydroxylation is 1. The normalized spacial score (nSPS) is 10.9. The number of nitrogens with zero attached hydrogens (tertiary/aromatic N) is 1. The van der Waals surface area contributed by atoms with Crippen LogP contribution in [0.5, 0.6) is 0 Å². The number of carbonyl (C=O) groups is 1. The van der Waals surface area contributed by atoms with E-state index in [-0.39, 0.29) is 5.91 Å². The highest BCUT2D eigenvalue weighted by Gasteiger charge is 2.11. The van der Waals surface area contributed by atoms with E-state index in [0.717, 1.165) is 40.8 Å². The van der Waals surface area contributed by atoms with E-state index in [9.17, 15) is 4.79 Å². The van der Waals surface area contributed by atoms with Crippen molar-refractivity contribution in [1.82, 2.24) is 4.98 Å². The Labute approximate surface area is 159 Å². The SMILES string of the molecule is CCN(CC)c1ccc(NC(=O)Cc2c[nH]c3cc(Cl)ccc23)c(C)c1. The second-order valence-electron chi connectivity index (χ2n) is 6.40. The summed E-state index contributed by atoms with van der Waals surface area (Å²) < 4.78 is 0. The van der Waals surface area contributed by atoms with Crippen molar-refractivity contribution in [2.75, 3.05) is 23.3 Å². The predicted octanol–water partition coefficient (Wildman–Crippen LogP) is 5.16.